The summed E-state index contributed by atoms with van der Waals surface area (Å²) in [6.07, 6.45) is 5.05. The Hall–Kier alpha value is -0.720. The highest BCUT2D eigenvalue weighted by atomic mass is 35.5. The van der Waals surface area contributed by atoms with Crippen LogP contribution in [0.4, 0.5) is 5.13 Å². The van der Waals surface area contributed by atoms with Crippen LogP contribution in [0.1, 0.15) is 37.6 Å². The first-order chi connectivity index (χ1) is 8.79. The first kappa shape index (κ1) is 16.3. The van der Waals surface area contributed by atoms with Crippen LogP contribution < -0.4 is 10.6 Å². The van der Waals surface area contributed by atoms with E-state index in [1.54, 1.807) is 0 Å². The molecule has 7 heteroatoms. The van der Waals surface area contributed by atoms with Crippen LogP contribution in [0.3, 0.4) is 0 Å². The van der Waals surface area contributed by atoms with Crippen molar-refractivity contribution >= 4 is 34.8 Å². The summed E-state index contributed by atoms with van der Waals surface area (Å²) in [5.41, 5.74) is 0. The number of aryl methyl sites for hydroxylation is 1. The van der Waals surface area contributed by atoms with E-state index in [-0.39, 0.29) is 24.2 Å². The number of nitrogens with one attached hydrogen (secondary N) is 2. The zero-order valence-electron chi connectivity index (χ0n) is 11.1. The molecule has 1 aliphatic rings. The molecule has 0 unspecified atom stereocenters. The fourth-order valence-electron chi connectivity index (χ4n) is 2.02. The molecule has 19 heavy (non-hydrogen) atoms. The Labute approximate surface area is 124 Å². The number of unbranched alkanes of at least 4 members (excludes halogenated alkanes) is 1. The molecule has 1 aliphatic heterocycles. The molecule has 1 saturated heterocycles. The minimum Gasteiger partial charge on any atom is -0.317 e. The van der Waals surface area contributed by atoms with E-state index in [4.69, 9.17) is 0 Å². The molecule has 0 atom stereocenters. The van der Waals surface area contributed by atoms with E-state index in [1.807, 2.05) is 0 Å². The molecule has 1 aromatic rings. The maximum atomic E-state index is 12.0. The Balaban J connectivity index is 0.00000180. The highest BCUT2D eigenvalue weighted by molar-refractivity contribution is 7.15. The summed E-state index contributed by atoms with van der Waals surface area (Å²) in [6, 6.07) is 0. The van der Waals surface area contributed by atoms with Gasteiger partial charge in [0.05, 0.1) is 0 Å². The molecular formula is C12H21ClN4OS. The van der Waals surface area contributed by atoms with Crippen molar-refractivity contribution in [2.45, 2.75) is 39.0 Å². The second-order valence-electron chi connectivity index (χ2n) is 4.62. The Morgan fingerprint density at radius 1 is 1.42 bits per heavy atom. The van der Waals surface area contributed by atoms with E-state index in [2.05, 4.69) is 27.8 Å². The minimum absolute atomic E-state index is 0. The largest absolute Gasteiger partial charge is 0.317 e. The number of rotatable bonds is 5. The number of halogens is 1. The molecule has 1 amide bonds. The van der Waals surface area contributed by atoms with Gasteiger partial charge in [-0.25, -0.2) is 0 Å². The number of aromatic nitrogens is 2. The van der Waals surface area contributed by atoms with Gasteiger partial charge >= 0.3 is 0 Å². The number of hydrogen-bond acceptors (Lipinski definition) is 5. The number of nitrogens with zero attached hydrogens (tertiary/aromatic N) is 2. The van der Waals surface area contributed by atoms with Gasteiger partial charge in [-0.3, -0.25) is 4.79 Å². The minimum atomic E-state index is 0. The van der Waals surface area contributed by atoms with Gasteiger partial charge in [-0.1, -0.05) is 24.7 Å². The summed E-state index contributed by atoms with van der Waals surface area (Å²) in [7, 11) is 0. The van der Waals surface area contributed by atoms with Crippen molar-refractivity contribution in [1.29, 1.82) is 0 Å². The van der Waals surface area contributed by atoms with Crippen LogP contribution in [-0.4, -0.2) is 29.2 Å². The van der Waals surface area contributed by atoms with Crippen LogP contribution in [0.5, 0.6) is 0 Å². The van der Waals surface area contributed by atoms with Gasteiger partial charge in [-0.2, -0.15) is 0 Å². The summed E-state index contributed by atoms with van der Waals surface area (Å²) in [4.78, 5) is 12.0. The zero-order valence-corrected chi connectivity index (χ0v) is 12.8. The van der Waals surface area contributed by atoms with Gasteiger partial charge in [0.1, 0.15) is 5.01 Å². The third kappa shape index (κ3) is 5.04. The summed E-state index contributed by atoms with van der Waals surface area (Å²) < 4.78 is 0. The second-order valence-corrected chi connectivity index (χ2v) is 5.68. The van der Waals surface area contributed by atoms with Gasteiger partial charge in [-0.05, 0) is 32.4 Å². The standard InChI is InChI=1S/C12H20N4OS.ClH/c1-2-3-4-10-15-16-12(18-10)14-11(17)9-5-7-13-8-6-9;/h9,13H,2-8H2,1H3,(H,14,16,17);1H. The van der Waals surface area contributed by atoms with Crippen LogP contribution >= 0.6 is 23.7 Å². The molecule has 1 fully saturated rings. The van der Waals surface area contributed by atoms with Crippen molar-refractivity contribution in [2.75, 3.05) is 18.4 Å². The highest BCUT2D eigenvalue weighted by Gasteiger charge is 2.21. The third-order valence-electron chi connectivity index (χ3n) is 3.15. The van der Waals surface area contributed by atoms with E-state index in [1.165, 1.54) is 11.3 Å². The predicted molar refractivity (Wildman–Crippen MR) is 80.0 cm³/mol. The van der Waals surface area contributed by atoms with E-state index in [9.17, 15) is 4.79 Å². The van der Waals surface area contributed by atoms with Crippen LogP contribution in [-0.2, 0) is 11.2 Å². The molecule has 0 spiro atoms. The molecule has 0 aliphatic carbocycles. The van der Waals surface area contributed by atoms with Crippen molar-refractivity contribution < 1.29 is 4.79 Å². The molecule has 1 aromatic heterocycles. The first-order valence-corrected chi connectivity index (χ1v) is 7.45. The Bertz CT molecular complexity index is 393. The molecule has 5 nitrogen and oxygen atoms in total. The zero-order chi connectivity index (χ0) is 12.8. The molecule has 0 bridgehead atoms. The average Bonchev–Trinajstić information content (AvgIpc) is 2.85. The number of carbonyl (C=O) groups is 1. The summed E-state index contributed by atoms with van der Waals surface area (Å²) in [5.74, 6) is 0.212. The number of piperidine rings is 1. The number of hydrogen-bond donors (Lipinski definition) is 2. The molecule has 0 radical (unpaired) electrons. The Morgan fingerprint density at radius 2 is 2.16 bits per heavy atom. The van der Waals surface area contributed by atoms with Gasteiger partial charge in [0.15, 0.2) is 0 Å². The smallest absolute Gasteiger partial charge is 0.229 e. The second kappa shape index (κ2) is 8.45. The monoisotopic (exact) mass is 304 g/mol. The van der Waals surface area contributed by atoms with E-state index in [0.29, 0.717) is 5.13 Å². The van der Waals surface area contributed by atoms with Crippen LogP contribution in [0.2, 0.25) is 0 Å². The fraction of sp³-hybridized carbons (Fsp3) is 0.750. The van der Waals surface area contributed by atoms with Gasteiger partial charge < -0.3 is 10.6 Å². The molecule has 2 heterocycles. The summed E-state index contributed by atoms with van der Waals surface area (Å²) in [6.45, 7) is 4.01. The quantitative estimate of drug-likeness (QED) is 0.875. The molecular weight excluding hydrogens is 284 g/mol. The predicted octanol–water partition coefficient (Wildman–Crippen LogP) is 2.24. The lowest BCUT2D eigenvalue weighted by atomic mass is 9.97. The SMILES string of the molecule is CCCCc1nnc(NC(=O)C2CCNCC2)s1.Cl. The van der Waals surface area contributed by atoms with E-state index < -0.39 is 0 Å². The first-order valence-electron chi connectivity index (χ1n) is 6.63. The van der Waals surface area contributed by atoms with Crippen LogP contribution in [0.15, 0.2) is 0 Å². The number of anilines is 1. The average molecular weight is 305 g/mol. The van der Waals surface area contributed by atoms with Gasteiger partial charge in [0.2, 0.25) is 11.0 Å². The van der Waals surface area contributed by atoms with Crippen molar-refractivity contribution in [3.8, 4) is 0 Å². The Morgan fingerprint density at radius 3 is 2.84 bits per heavy atom. The molecule has 2 rings (SSSR count). The lowest BCUT2D eigenvalue weighted by Crippen LogP contribution is -2.34. The topological polar surface area (TPSA) is 66.9 Å². The van der Waals surface area contributed by atoms with Crippen molar-refractivity contribution in [2.24, 2.45) is 5.92 Å². The van der Waals surface area contributed by atoms with Crippen LogP contribution in [0.25, 0.3) is 0 Å². The lowest BCUT2D eigenvalue weighted by Gasteiger charge is -2.20. The summed E-state index contributed by atoms with van der Waals surface area (Å²) >= 11 is 1.50. The Kier molecular flexibility index (Phi) is 7.27. The lowest BCUT2D eigenvalue weighted by molar-refractivity contribution is -0.120. The van der Waals surface area contributed by atoms with Crippen LogP contribution in [0, 0.1) is 5.92 Å². The molecule has 0 saturated carbocycles. The third-order valence-corrected chi connectivity index (χ3v) is 4.05. The van der Waals surface area contributed by atoms with Crippen molar-refractivity contribution in [3.63, 3.8) is 0 Å². The molecule has 108 valence electrons. The highest BCUT2D eigenvalue weighted by Crippen LogP contribution is 2.20. The van der Waals surface area contributed by atoms with Crippen molar-refractivity contribution in [1.82, 2.24) is 15.5 Å². The van der Waals surface area contributed by atoms with Gasteiger partial charge in [0, 0.05) is 12.3 Å². The van der Waals surface area contributed by atoms with Gasteiger partial charge in [0.25, 0.3) is 0 Å². The van der Waals surface area contributed by atoms with Crippen molar-refractivity contribution in [3.05, 3.63) is 5.01 Å². The number of carbonyl (C=O) groups excluding carboxylic acids is 1. The fourth-order valence-corrected chi connectivity index (χ4v) is 2.81. The maximum Gasteiger partial charge on any atom is 0.229 e. The van der Waals surface area contributed by atoms with E-state index >= 15 is 0 Å². The molecule has 2 N–H and O–H groups in total. The van der Waals surface area contributed by atoms with Gasteiger partial charge in [-0.15, -0.1) is 22.6 Å². The maximum absolute atomic E-state index is 12.0. The number of amides is 1. The molecule has 0 aromatic carbocycles. The van der Waals surface area contributed by atoms with E-state index in [0.717, 1.165) is 50.2 Å². The normalized spacial score (nSPS) is 15.8. The summed E-state index contributed by atoms with van der Waals surface area (Å²) in [5, 5.41) is 15.9.